The summed E-state index contributed by atoms with van der Waals surface area (Å²) in [6, 6.07) is 13.4. The van der Waals surface area contributed by atoms with E-state index < -0.39 is 0 Å². The lowest BCUT2D eigenvalue weighted by Gasteiger charge is -1.98. The number of aromatic nitrogens is 2. The molecule has 1 aromatic heterocycles. The molecule has 0 radical (unpaired) electrons. The number of halogens is 1. The third kappa shape index (κ3) is 2.31. The van der Waals surface area contributed by atoms with Gasteiger partial charge in [0.2, 0.25) is 0 Å². The molecule has 0 saturated carbocycles. The van der Waals surface area contributed by atoms with Gasteiger partial charge in [0.1, 0.15) is 5.82 Å². The van der Waals surface area contributed by atoms with Crippen LogP contribution in [-0.4, -0.2) is 15.8 Å². The Morgan fingerprint density at radius 2 is 1.89 bits per heavy atom. The van der Waals surface area contributed by atoms with E-state index in [1.165, 1.54) is 0 Å². The number of hydrogen-bond donors (Lipinski definition) is 1. The van der Waals surface area contributed by atoms with Crippen molar-refractivity contribution in [3.05, 3.63) is 52.5 Å². The zero-order chi connectivity index (χ0) is 13.4. The standard InChI is InChI=1S/C15H11BrN2O/c1-9(19)10-2-4-11(5-3-10)15-17-13-7-6-12(16)8-14(13)18-15/h2-8H,1H3,(H,17,18). The van der Waals surface area contributed by atoms with Gasteiger partial charge in [0.15, 0.2) is 5.78 Å². The molecule has 0 aliphatic rings. The van der Waals surface area contributed by atoms with Crippen molar-refractivity contribution in [3.63, 3.8) is 0 Å². The SMILES string of the molecule is CC(=O)c1ccc(-c2nc3ccc(Br)cc3[nH]2)cc1. The first-order chi connectivity index (χ1) is 9.13. The van der Waals surface area contributed by atoms with E-state index in [1.54, 1.807) is 6.92 Å². The van der Waals surface area contributed by atoms with Gasteiger partial charge in [-0.2, -0.15) is 0 Å². The number of nitrogens with zero attached hydrogens (tertiary/aromatic N) is 1. The summed E-state index contributed by atoms with van der Waals surface area (Å²) in [7, 11) is 0. The zero-order valence-corrected chi connectivity index (χ0v) is 11.9. The van der Waals surface area contributed by atoms with Crippen LogP contribution in [0.15, 0.2) is 46.9 Å². The fourth-order valence-electron chi connectivity index (χ4n) is 1.98. The monoisotopic (exact) mass is 314 g/mol. The maximum Gasteiger partial charge on any atom is 0.159 e. The number of imidazole rings is 1. The summed E-state index contributed by atoms with van der Waals surface area (Å²) < 4.78 is 1.02. The van der Waals surface area contributed by atoms with Crippen LogP contribution >= 0.6 is 15.9 Å². The van der Waals surface area contributed by atoms with Gasteiger partial charge in [0.25, 0.3) is 0 Å². The number of benzene rings is 2. The molecule has 0 fully saturated rings. The Balaban J connectivity index is 2.06. The average Bonchev–Trinajstić information content (AvgIpc) is 2.81. The second-order valence-corrected chi connectivity index (χ2v) is 5.30. The normalized spacial score (nSPS) is 10.8. The smallest absolute Gasteiger partial charge is 0.159 e. The molecular weight excluding hydrogens is 304 g/mol. The Kier molecular flexibility index (Phi) is 2.95. The van der Waals surface area contributed by atoms with Crippen LogP contribution in [0.2, 0.25) is 0 Å². The van der Waals surface area contributed by atoms with Gasteiger partial charge in [0, 0.05) is 15.6 Å². The van der Waals surface area contributed by atoms with Crippen LogP contribution in [-0.2, 0) is 0 Å². The number of Topliss-reactive ketones (excluding diaryl/α,β-unsaturated/α-hetero) is 1. The zero-order valence-electron chi connectivity index (χ0n) is 10.3. The van der Waals surface area contributed by atoms with E-state index in [2.05, 4.69) is 25.9 Å². The lowest BCUT2D eigenvalue weighted by Crippen LogP contribution is -1.91. The minimum Gasteiger partial charge on any atom is -0.338 e. The van der Waals surface area contributed by atoms with E-state index in [0.717, 1.165) is 26.9 Å². The fourth-order valence-corrected chi connectivity index (χ4v) is 2.34. The first-order valence-corrected chi connectivity index (χ1v) is 6.69. The van der Waals surface area contributed by atoms with Gasteiger partial charge in [-0.05, 0) is 25.1 Å². The molecule has 0 bridgehead atoms. The number of nitrogens with one attached hydrogen (secondary N) is 1. The van der Waals surface area contributed by atoms with Crippen LogP contribution in [0.5, 0.6) is 0 Å². The van der Waals surface area contributed by atoms with Crippen molar-refractivity contribution in [3.8, 4) is 11.4 Å². The van der Waals surface area contributed by atoms with Crippen LogP contribution < -0.4 is 0 Å². The predicted octanol–water partition coefficient (Wildman–Crippen LogP) is 4.20. The molecule has 94 valence electrons. The van der Waals surface area contributed by atoms with Gasteiger partial charge in [-0.25, -0.2) is 4.98 Å². The van der Waals surface area contributed by atoms with Gasteiger partial charge in [-0.15, -0.1) is 0 Å². The second kappa shape index (κ2) is 4.63. The van der Waals surface area contributed by atoms with Crippen LogP contribution in [0.25, 0.3) is 22.4 Å². The van der Waals surface area contributed by atoms with Crippen molar-refractivity contribution in [2.24, 2.45) is 0 Å². The quantitative estimate of drug-likeness (QED) is 0.721. The lowest BCUT2D eigenvalue weighted by molar-refractivity contribution is 0.101. The maximum atomic E-state index is 11.2. The summed E-state index contributed by atoms with van der Waals surface area (Å²) in [5.74, 6) is 0.878. The van der Waals surface area contributed by atoms with E-state index in [1.807, 2.05) is 42.5 Å². The average molecular weight is 315 g/mol. The number of rotatable bonds is 2. The maximum absolute atomic E-state index is 11.2. The third-order valence-corrected chi connectivity index (χ3v) is 3.50. The molecule has 3 rings (SSSR count). The molecule has 4 heteroatoms. The molecular formula is C15H11BrN2O. The minimum absolute atomic E-state index is 0.0695. The lowest BCUT2D eigenvalue weighted by atomic mass is 10.1. The number of H-pyrrole nitrogens is 1. The molecule has 1 heterocycles. The molecule has 1 N–H and O–H groups in total. The molecule has 0 aliphatic heterocycles. The number of fused-ring (bicyclic) bond motifs is 1. The van der Waals surface area contributed by atoms with E-state index >= 15 is 0 Å². The van der Waals surface area contributed by atoms with Crippen molar-refractivity contribution in [1.29, 1.82) is 0 Å². The van der Waals surface area contributed by atoms with Crippen molar-refractivity contribution in [2.45, 2.75) is 6.92 Å². The number of carbonyl (C=O) groups is 1. The van der Waals surface area contributed by atoms with Crippen LogP contribution in [0.4, 0.5) is 0 Å². The Bertz CT molecular complexity index is 759. The molecule has 0 atom stereocenters. The van der Waals surface area contributed by atoms with Gasteiger partial charge in [-0.3, -0.25) is 4.79 Å². The third-order valence-electron chi connectivity index (χ3n) is 3.01. The summed E-state index contributed by atoms with van der Waals surface area (Å²) in [5, 5.41) is 0. The first-order valence-electron chi connectivity index (χ1n) is 5.90. The summed E-state index contributed by atoms with van der Waals surface area (Å²) >= 11 is 3.44. The van der Waals surface area contributed by atoms with Gasteiger partial charge < -0.3 is 4.98 Å². The Morgan fingerprint density at radius 1 is 1.16 bits per heavy atom. The van der Waals surface area contributed by atoms with E-state index in [-0.39, 0.29) is 5.78 Å². The van der Waals surface area contributed by atoms with Crippen molar-refractivity contribution >= 4 is 32.7 Å². The van der Waals surface area contributed by atoms with Gasteiger partial charge in [0.05, 0.1) is 11.0 Å². The summed E-state index contributed by atoms with van der Waals surface area (Å²) in [4.78, 5) is 19.1. The number of aromatic amines is 1. The topological polar surface area (TPSA) is 45.8 Å². The van der Waals surface area contributed by atoms with Crippen molar-refractivity contribution in [2.75, 3.05) is 0 Å². The van der Waals surface area contributed by atoms with E-state index in [4.69, 9.17) is 0 Å². The second-order valence-electron chi connectivity index (χ2n) is 4.38. The molecule has 0 unspecified atom stereocenters. The predicted molar refractivity (Wildman–Crippen MR) is 79.2 cm³/mol. The molecule has 3 aromatic rings. The van der Waals surface area contributed by atoms with Crippen molar-refractivity contribution < 1.29 is 4.79 Å². The molecule has 3 nitrogen and oxygen atoms in total. The fraction of sp³-hybridized carbons (Fsp3) is 0.0667. The molecule has 0 spiro atoms. The van der Waals surface area contributed by atoms with Crippen LogP contribution in [0, 0.1) is 0 Å². The first kappa shape index (κ1) is 12.1. The summed E-state index contributed by atoms with van der Waals surface area (Å²) in [6.45, 7) is 1.56. The highest BCUT2D eigenvalue weighted by Gasteiger charge is 2.06. The molecule has 0 amide bonds. The van der Waals surface area contributed by atoms with Gasteiger partial charge >= 0.3 is 0 Å². The summed E-state index contributed by atoms with van der Waals surface area (Å²) in [5.41, 5.74) is 3.59. The Hall–Kier alpha value is -1.94. The van der Waals surface area contributed by atoms with Gasteiger partial charge in [-0.1, -0.05) is 40.2 Å². The van der Waals surface area contributed by atoms with Crippen molar-refractivity contribution in [1.82, 2.24) is 9.97 Å². The Labute approximate surface area is 118 Å². The largest absolute Gasteiger partial charge is 0.338 e. The number of hydrogen-bond acceptors (Lipinski definition) is 2. The van der Waals surface area contributed by atoms with Crippen LogP contribution in [0.3, 0.4) is 0 Å². The van der Waals surface area contributed by atoms with Crippen LogP contribution in [0.1, 0.15) is 17.3 Å². The highest BCUT2D eigenvalue weighted by atomic mass is 79.9. The van der Waals surface area contributed by atoms with E-state index in [9.17, 15) is 4.79 Å². The molecule has 19 heavy (non-hydrogen) atoms. The molecule has 2 aromatic carbocycles. The molecule has 0 saturated heterocycles. The summed E-state index contributed by atoms with van der Waals surface area (Å²) in [6.07, 6.45) is 0. The van der Waals surface area contributed by atoms with E-state index in [0.29, 0.717) is 5.56 Å². The highest BCUT2D eigenvalue weighted by Crippen LogP contribution is 2.23. The Morgan fingerprint density at radius 3 is 2.58 bits per heavy atom. The highest BCUT2D eigenvalue weighted by molar-refractivity contribution is 9.10. The number of ketones is 1. The number of carbonyl (C=O) groups excluding carboxylic acids is 1. The minimum atomic E-state index is 0.0695. The molecule has 0 aliphatic carbocycles.